The Hall–Kier alpha value is -2.53. The van der Waals surface area contributed by atoms with E-state index in [4.69, 9.17) is 4.74 Å². The molecule has 0 N–H and O–H groups in total. The molecule has 2 aromatic rings. The highest BCUT2D eigenvalue weighted by Gasteiger charge is 2.40. The molecule has 0 saturated carbocycles. The molecule has 2 aromatic carbocycles. The van der Waals surface area contributed by atoms with Gasteiger partial charge in [0.25, 0.3) is 11.8 Å². The third-order valence-electron chi connectivity index (χ3n) is 4.59. The molecular weight excluding hydrogens is 370 g/mol. The van der Waals surface area contributed by atoms with Crippen molar-refractivity contribution in [3.05, 3.63) is 64.6 Å². The lowest BCUT2D eigenvalue weighted by Gasteiger charge is -2.16. The zero-order chi connectivity index (χ0) is 20.4. The SMILES string of the molecule is COc1ccc(C2=C(SC(C)C)C(=O)N(c3ccc(C(C)C)cc3)C2=O)cc1. The van der Waals surface area contributed by atoms with E-state index in [-0.39, 0.29) is 17.1 Å². The number of rotatable bonds is 6. The van der Waals surface area contributed by atoms with Crippen LogP contribution in [0.2, 0.25) is 0 Å². The van der Waals surface area contributed by atoms with Gasteiger partial charge in [-0.25, -0.2) is 4.90 Å². The van der Waals surface area contributed by atoms with Gasteiger partial charge in [0.05, 0.1) is 23.3 Å². The number of benzene rings is 2. The normalized spacial score (nSPS) is 14.6. The van der Waals surface area contributed by atoms with Crippen LogP contribution in [0.15, 0.2) is 53.4 Å². The highest BCUT2D eigenvalue weighted by atomic mass is 32.2. The highest BCUT2D eigenvalue weighted by molar-refractivity contribution is 8.04. The van der Waals surface area contributed by atoms with Gasteiger partial charge in [-0.15, -0.1) is 11.8 Å². The molecular formula is C23H25NO3S. The molecule has 4 nitrogen and oxygen atoms in total. The first kappa shape index (κ1) is 20.2. The zero-order valence-corrected chi connectivity index (χ0v) is 17.7. The van der Waals surface area contributed by atoms with Crippen molar-refractivity contribution in [2.75, 3.05) is 12.0 Å². The fraction of sp³-hybridized carbons (Fsp3) is 0.304. The van der Waals surface area contributed by atoms with Gasteiger partial charge in [-0.3, -0.25) is 9.59 Å². The van der Waals surface area contributed by atoms with Crippen molar-refractivity contribution in [1.29, 1.82) is 0 Å². The summed E-state index contributed by atoms with van der Waals surface area (Å²) in [5.41, 5.74) is 2.95. The summed E-state index contributed by atoms with van der Waals surface area (Å²) in [6.07, 6.45) is 0. The van der Waals surface area contributed by atoms with Gasteiger partial charge >= 0.3 is 0 Å². The van der Waals surface area contributed by atoms with Crippen LogP contribution in [-0.2, 0) is 9.59 Å². The lowest BCUT2D eigenvalue weighted by atomic mass is 10.0. The molecule has 3 rings (SSSR count). The van der Waals surface area contributed by atoms with Gasteiger partial charge in [0.2, 0.25) is 0 Å². The predicted molar refractivity (Wildman–Crippen MR) is 116 cm³/mol. The Balaban J connectivity index is 2.03. The number of hydrogen-bond acceptors (Lipinski definition) is 4. The monoisotopic (exact) mass is 395 g/mol. The zero-order valence-electron chi connectivity index (χ0n) is 16.9. The molecule has 2 amide bonds. The van der Waals surface area contributed by atoms with E-state index in [1.165, 1.54) is 22.2 Å². The van der Waals surface area contributed by atoms with E-state index in [1.54, 1.807) is 19.2 Å². The molecule has 0 aromatic heterocycles. The Morgan fingerprint density at radius 3 is 1.96 bits per heavy atom. The minimum Gasteiger partial charge on any atom is -0.497 e. The number of imide groups is 1. The molecule has 146 valence electrons. The summed E-state index contributed by atoms with van der Waals surface area (Å²) in [7, 11) is 1.60. The van der Waals surface area contributed by atoms with Crippen LogP contribution < -0.4 is 9.64 Å². The Labute approximate surface area is 170 Å². The van der Waals surface area contributed by atoms with Gasteiger partial charge in [0.15, 0.2) is 0 Å². The van der Waals surface area contributed by atoms with Gasteiger partial charge in [0, 0.05) is 5.25 Å². The Morgan fingerprint density at radius 1 is 0.857 bits per heavy atom. The number of ether oxygens (including phenoxy) is 1. The minimum atomic E-state index is -0.282. The Kier molecular flexibility index (Phi) is 5.94. The first-order valence-corrected chi connectivity index (χ1v) is 10.3. The number of carbonyl (C=O) groups excluding carboxylic acids is 2. The third kappa shape index (κ3) is 3.85. The van der Waals surface area contributed by atoms with Gasteiger partial charge in [-0.05, 0) is 41.3 Å². The van der Waals surface area contributed by atoms with E-state index < -0.39 is 0 Å². The summed E-state index contributed by atoms with van der Waals surface area (Å²) >= 11 is 1.43. The summed E-state index contributed by atoms with van der Waals surface area (Å²) in [6.45, 7) is 8.26. The second-order valence-corrected chi connectivity index (χ2v) is 8.88. The molecule has 0 unspecified atom stereocenters. The van der Waals surface area contributed by atoms with Crippen molar-refractivity contribution in [1.82, 2.24) is 0 Å². The second kappa shape index (κ2) is 8.23. The largest absolute Gasteiger partial charge is 0.497 e. The lowest BCUT2D eigenvalue weighted by molar-refractivity contribution is -0.119. The van der Waals surface area contributed by atoms with Crippen LogP contribution in [0.25, 0.3) is 5.57 Å². The molecule has 1 aliphatic heterocycles. The first-order valence-electron chi connectivity index (χ1n) is 9.37. The van der Waals surface area contributed by atoms with E-state index in [0.717, 1.165) is 5.56 Å². The van der Waals surface area contributed by atoms with Gasteiger partial charge in [-0.1, -0.05) is 52.0 Å². The van der Waals surface area contributed by atoms with Crippen LogP contribution in [0, 0.1) is 0 Å². The smallest absolute Gasteiger partial charge is 0.272 e. The van der Waals surface area contributed by atoms with Crippen molar-refractivity contribution in [2.24, 2.45) is 0 Å². The second-order valence-electron chi connectivity index (χ2n) is 7.29. The quantitative estimate of drug-likeness (QED) is 0.627. The number of methoxy groups -OCH3 is 1. The average Bonchev–Trinajstić information content (AvgIpc) is 2.91. The lowest BCUT2D eigenvalue weighted by Crippen LogP contribution is -2.31. The summed E-state index contributed by atoms with van der Waals surface area (Å²) in [6, 6.07) is 14.9. The predicted octanol–water partition coefficient (Wildman–Crippen LogP) is 5.24. The Morgan fingerprint density at radius 2 is 1.46 bits per heavy atom. The van der Waals surface area contributed by atoms with Gasteiger partial charge < -0.3 is 4.74 Å². The van der Waals surface area contributed by atoms with E-state index in [1.807, 2.05) is 50.2 Å². The van der Waals surface area contributed by atoms with Crippen LogP contribution in [0.4, 0.5) is 5.69 Å². The molecule has 0 saturated heterocycles. The molecule has 28 heavy (non-hydrogen) atoms. The summed E-state index contributed by atoms with van der Waals surface area (Å²) in [4.78, 5) is 28.2. The average molecular weight is 396 g/mol. The maximum absolute atomic E-state index is 13.3. The highest BCUT2D eigenvalue weighted by Crippen LogP contribution is 2.40. The third-order valence-corrected chi connectivity index (χ3v) is 5.68. The molecule has 0 atom stereocenters. The van der Waals surface area contributed by atoms with Gasteiger partial charge in [-0.2, -0.15) is 0 Å². The fourth-order valence-corrected chi connectivity index (χ4v) is 4.10. The molecule has 0 spiro atoms. The molecule has 0 fully saturated rings. The van der Waals surface area contributed by atoms with Crippen LogP contribution >= 0.6 is 11.8 Å². The maximum atomic E-state index is 13.3. The first-order chi connectivity index (χ1) is 13.3. The summed E-state index contributed by atoms with van der Waals surface area (Å²) in [5, 5.41) is 0.184. The van der Waals surface area contributed by atoms with Crippen LogP contribution in [0.3, 0.4) is 0 Å². The molecule has 5 heteroatoms. The van der Waals surface area contributed by atoms with Crippen molar-refractivity contribution in [2.45, 2.75) is 38.9 Å². The number of thioether (sulfide) groups is 1. The van der Waals surface area contributed by atoms with Crippen molar-refractivity contribution in [3.63, 3.8) is 0 Å². The maximum Gasteiger partial charge on any atom is 0.272 e. The van der Waals surface area contributed by atoms with Crippen molar-refractivity contribution in [3.8, 4) is 5.75 Å². The molecule has 0 radical (unpaired) electrons. The standard InChI is InChI=1S/C23H25NO3S/c1-14(2)16-6-10-18(11-7-16)24-22(25)20(21(23(24)26)28-15(3)4)17-8-12-19(27-5)13-9-17/h6-15H,1-5H3. The summed E-state index contributed by atoms with van der Waals surface area (Å²) < 4.78 is 5.21. The molecule has 0 aliphatic carbocycles. The molecule has 1 heterocycles. The summed E-state index contributed by atoms with van der Waals surface area (Å²) in [5.74, 6) is 0.557. The minimum absolute atomic E-state index is 0.184. The number of anilines is 1. The van der Waals surface area contributed by atoms with Crippen LogP contribution in [-0.4, -0.2) is 24.2 Å². The van der Waals surface area contributed by atoms with E-state index in [0.29, 0.717) is 27.8 Å². The number of amides is 2. The number of carbonyl (C=O) groups is 2. The van der Waals surface area contributed by atoms with E-state index in [2.05, 4.69) is 13.8 Å². The van der Waals surface area contributed by atoms with Gasteiger partial charge in [0.1, 0.15) is 5.75 Å². The van der Waals surface area contributed by atoms with Crippen molar-refractivity contribution >= 4 is 34.8 Å². The topological polar surface area (TPSA) is 46.6 Å². The molecule has 1 aliphatic rings. The van der Waals surface area contributed by atoms with E-state index >= 15 is 0 Å². The number of hydrogen-bond donors (Lipinski definition) is 0. The molecule has 0 bridgehead atoms. The van der Waals surface area contributed by atoms with Crippen molar-refractivity contribution < 1.29 is 14.3 Å². The Bertz CT molecular complexity index is 912. The van der Waals surface area contributed by atoms with Crippen LogP contribution in [0.5, 0.6) is 5.75 Å². The number of nitrogens with zero attached hydrogens (tertiary/aromatic N) is 1. The van der Waals surface area contributed by atoms with Crippen LogP contribution in [0.1, 0.15) is 44.7 Å². The van der Waals surface area contributed by atoms with E-state index in [9.17, 15) is 9.59 Å². The fourth-order valence-electron chi connectivity index (χ4n) is 3.11.